The first-order chi connectivity index (χ1) is 69.3. The van der Waals surface area contributed by atoms with Gasteiger partial charge in [-0.25, -0.2) is 9.59 Å². The highest BCUT2D eigenvalue weighted by molar-refractivity contribution is 8.77. The SMILES string of the molecule is COc1cc2cc(c1Cl)N(C)C(=O)C[C@H](OC(=O)[C@H](C)N(C)C(=O)CCSSC[C@H](NC(C)=O)C(=O)N[C@@H](CC(=O)O)C(=O)NC(CC(=O)O)C(=O)N[C@H](Cc1ccccc1)C(=O)N[C@H]1CSSC[C@@H](C(=O)N[C@H](CO)[C@@H](C)O)NC(=O)[C@H]([C@@H](C)O)NC(=O)[C@H](CCCCN)NC(=O)[C@@H](Cc3c[nH]c4ccccc34)NC(=O)[C@H](Cc3ccccc3)NC1=O)[C@]1(C)O[C@H]1[C@H](C)[C@@H]1C[C@@](O)(NC(=O)O1)[C@H](OC)/C=C/C=C(\C)C2. The molecule has 0 saturated carbocycles. The van der Waals surface area contributed by atoms with Crippen LogP contribution in [0, 0.1) is 5.92 Å². The number of nitrogens with two attached hydrogens (primary N) is 1. The summed E-state index contributed by atoms with van der Waals surface area (Å²) in [6.45, 7) is 9.39. The molecule has 0 spiro atoms. The van der Waals surface area contributed by atoms with Crippen LogP contribution in [-0.4, -0.2) is 326 Å². The van der Waals surface area contributed by atoms with Crippen molar-refractivity contribution in [3.05, 3.63) is 154 Å². The highest BCUT2D eigenvalue weighted by Crippen LogP contribution is 2.50. The molecule has 4 aliphatic heterocycles. The van der Waals surface area contributed by atoms with E-state index in [0.29, 0.717) is 46.0 Å². The number of ether oxygens (including phenoxy) is 5. The van der Waals surface area contributed by atoms with E-state index in [2.05, 4.69) is 68.8 Å². The molecule has 0 aliphatic carbocycles. The van der Waals surface area contributed by atoms with Gasteiger partial charge in [-0.05, 0) is 107 Å². The number of esters is 1. The fourth-order valence-corrected chi connectivity index (χ4v) is 21.3. The number of nitrogens with one attached hydrogen (secondary N) is 13. The van der Waals surface area contributed by atoms with E-state index in [1.54, 1.807) is 123 Å². The summed E-state index contributed by atoms with van der Waals surface area (Å²) in [5, 5.41) is 95.3. The summed E-state index contributed by atoms with van der Waals surface area (Å²) in [5.74, 6) is -19.5. The number of para-hydroxylation sites is 1. The van der Waals surface area contributed by atoms with Crippen molar-refractivity contribution in [2.24, 2.45) is 11.7 Å². The van der Waals surface area contributed by atoms with Crippen LogP contribution in [-0.2, 0) is 121 Å². The lowest BCUT2D eigenvalue weighted by Crippen LogP contribution is -2.63. The molecular formula is C97H129ClN16O28S4. The largest absolute Gasteiger partial charge is 0.495 e. The number of likely N-dealkylation sites (N-methyl/N-ethyl adjacent to an activating group) is 1. The number of alkyl carbamates (subject to hydrolysis) is 1. The number of carbonyl (C=O) groups is 17. The van der Waals surface area contributed by atoms with Crippen LogP contribution in [0.25, 0.3) is 10.9 Å². The number of aliphatic hydroxyl groups excluding tert-OH is 3. The molecule has 4 aromatic carbocycles. The Bertz CT molecular complexity index is 5540. The average Bonchev–Trinajstić information content (AvgIpc) is 1.57. The number of allylic oxidation sites excluding steroid dienone is 3. The number of amides is 14. The molecule has 1 aromatic heterocycles. The van der Waals surface area contributed by atoms with Crippen LogP contribution in [0.1, 0.15) is 122 Å². The number of carboxylic acid groups (broad SMARTS) is 2. The fraction of sp³-hybridized carbons (Fsp3) is 0.515. The average molecular weight is 2130 g/mol. The van der Waals surface area contributed by atoms with E-state index in [9.17, 15) is 93.0 Å². The minimum atomic E-state index is -2.22. The summed E-state index contributed by atoms with van der Waals surface area (Å²) < 4.78 is 29.6. The van der Waals surface area contributed by atoms with E-state index in [1.165, 1.54) is 66.1 Å². The van der Waals surface area contributed by atoms with Gasteiger partial charge in [-0.2, -0.15) is 0 Å². The summed E-state index contributed by atoms with van der Waals surface area (Å²) in [5.41, 5.74) is 6.15. The van der Waals surface area contributed by atoms with Gasteiger partial charge in [0.2, 0.25) is 76.8 Å². The van der Waals surface area contributed by atoms with E-state index in [4.69, 9.17) is 41.0 Å². The number of hydrogen-bond donors (Lipinski definition) is 20. The number of aliphatic hydroxyl groups is 4. The molecule has 44 nitrogen and oxygen atoms in total. The zero-order valence-corrected chi connectivity index (χ0v) is 86.4. The first-order valence-electron chi connectivity index (χ1n) is 47.2. The third-order valence-corrected chi connectivity index (χ3v) is 30.3. The van der Waals surface area contributed by atoms with Gasteiger partial charge in [0.1, 0.15) is 101 Å². The third-order valence-electron chi connectivity index (χ3n) is 25.1. The Balaban J connectivity index is 0.919. The van der Waals surface area contributed by atoms with Gasteiger partial charge in [0, 0.05) is 106 Å². The molecule has 14 amide bonds. The summed E-state index contributed by atoms with van der Waals surface area (Å²) in [4.78, 5) is 249. The lowest BCUT2D eigenvalue weighted by Gasteiger charge is -2.42. The zero-order chi connectivity index (χ0) is 107. The molecule has 3 saturated heterocycles. The van der Waals surface area contributed by atoms with Gasteiger partial charge in [0.25, 0.3) is 0 Å². The predicted octanol–water partition coefficient (Wildman–Crippen LogP) is 1.08. The Labute approximate surface area is 863 Å². The van der Waals surface area contributed by atoms with Crippen LogP contribution in [0.4, 0.5) is 10.5 Å². The van der Waals surface area contributed by atoms with Crippen LogP contribution in [0.3, 0.4) is 0 Å². The molecule has 21 N–H and O–H groups in total. The second-order valence-corrected chi connectivity index (χ2v) is 41.8. The van der Waals surface area contributed by atoms with Crippen LogP contribution in [0.5, 0.6) is 5.75 Å². The van der Waals surface area contributed by atoms with Crippen LogP contribution >= 0.6 is 54.8 Å². The molecule has 9 rings (SSSR count). The Morgan fingerprint density at radius 1 is 0.726 bits per heavy atom. The molecule has 0 radical (unpaired) electrons. The van der Waals surface area contributed by atoms with Crippen LogP contribution in [0.15, 0.2) is 127 Å². The normalized spacial score (nSPS) is 24.7. The van der Waals surface area contributed by atoms with Gasteiger partial charge in [-0.3, -0.25) is 77.2 Å². The highest BCUT2D eigenvalue weighted by atomic mass is 35.5. The number of hydrogen-bond acceptors (Lipinski definition) is 31. The number of methoxy groups -OCH3 is 2. The molecule has 146 heavy (non-hydrogen) atoms. The van der Waals surface area contributed by atoms with Crippen molar-refractivity contribution in [3.63, 3.8) is 0 Å². The topological polar surface area (TPSA) is 654 Å². The number of anilines is 1. The van der Waals surface area contributed by atoms with Crippen molar-refractivity contribution in [2.75, 3.05) is 69.4 Å². The minimum Gasteiger partial charge on any atom is -0.495 e. The molecule has 49 heteroatoms. The van der Waals surface area contributed by atoms with Gasteiger partial charge >= 0.3 is 24.0 Å². The molecule has 3 fully saturated rings. The standard InChI is InChI=1S/C97H129ClN16O28S4/c1-50-23-22-31-75(139-11)97(137)44-74(140-95(136)112-97)51(2)83-96(7,142-83)76(43-78(120)114(9)72-38-58(35-50)39-73(138-10)81(72)98)141-94(135)52(3)113(8)77(119)32-34-143-144-47-69(101-55(6)118)90(131)107-67(42-80(123)124)89(130)106-66(41-79(121)122)88(129)103-64(37-57-26-16-13-17-27-57)86(127)109-70-48-145-146-49-71(92(133)108-68(46-115)53(4)116)110-93(134)82(54(5)117)111-84(125)62(30-20-21-33-99)102-87(128)65(40-59-45-100-61-29-19-18-28-60(59)61)105-85(126)63(104-91(70)132)36-56-24-14-12-15-25-56/h12-19,22-29,31,38-39,45,51-54,62-71,74-76,82-83,100,115-117,137H,20-21,30,32-37,40-44,46-49,99H2,1-11H3,(H,101,118)(H,102,128)(H,103,129)(H,104,132)(H,105,126)(H,106,130)(H,107,131)(H,108,133)(H,109,127)(H,110,134)(H,111,125)(H,112,136)(H,121,122)(H,123,124)/b31-22+,50-23+/t51-,52+,53-,54-,62+,63+,64-,65-,66?,67+,68-,69+,70+,71+,74+,75-,76+,82+,83+,96+,97+/m1/s1. The number of fused-ring (bicyclic) bond motifs is 6. The molecule has 5 aromatic rings. The van der Waals surface area contributed by atoms with E-state index < -0.39 is 271 Å². The molecule has 796 valence electrons. The van der Waals surface area contributed by atoms with E-state index in [-0.39, 0.29) is 73.0 Å². The smallest absolute Gasteiger partial charge is 0.409 e. The predicted molar refractivity (Wildman–Crippen MR) is 542 cm³/mol. The van der Waals surface area contributed by atoms with Crippen LogP contribution < -0.4 is 79.2 Å². The second kappa shape index (κ2) is 55.6. The number of carboxylic acids is 2. The number of aromatic amines is 1. The van der Waals surface area contributed by atoms with Crippen molar-refractivity contribution < 1.29 is 136 Å². The molecule has 21 atom stereocenters. The molecule has 4 bridgehead atoms. The number of aromatic nitrogens is 1. The van der Waals surface area contributed by atoms with Crippen molar-refractivity contribution in [1.82, 2.24) is 73.7 Å². The summed E-state index contributed by atoms with van der Waals surface area (Å²) >= 11 is 6.88. The lowest BCUT2D eigenvalue weighted by atomic mass is 9.83. The Morgan fingerprint density at radius 2 is 1.33 bits per heavy atom. The molecule has 1 unspecified atom stereocenters. The van der Waals surface area contributed by atoms with Gasteiger partial charge in [0.15, 0.2) is 5.72 Å². The van der Waals surface area contributed by atoms with Gasteiger partial charge in [-0.1, -0.05) is 164 Å². The Morgan fingerprint density at radius 3 is 1.95 bits per heavy atom. The Kier molecular flexibility index (Phi) is 44.7. The van der Waals surface area contributed by atoms with Crippen LogP contribution in [0.2, 0.25) is 5.02 Å². The first-order valence-corrected chi connectivity index (χ1v) is 52.5. The maximum absolute atomic E-state index is 15.5. The van der Waals surface area contributed by atoms with Gasteiger partial charge in [0.05, 0.1) is 63.0 Å². The highest BCUT2D eigenvalue weighted by Gasteiger charge is 2.65. The number of aliphatic carboxylic acids is 2. The number of rotatable bonds is 39. The molecule has 5 heterocycles. The fourth-order valence-electron chi connectivity index (χ4n) is 16.5. The number of unbranched alkanes of at least 4 members (excludes halogenated alkanes) is 1. The van der Waals surface area contributed by atoms with Crippen molar-refractivity contribution >= 4 is 172 Å². The maximum Gasteiger partial charge on any atom is 0.409 e. The molecular weight excluding hydrogens is 2000 g/mol. The number of carbonyl (C=O) groups excluding carboxylic acids is 15. The first kappa shape index (κ1) is 117. The van der Waals surface area contributed by atoms with Crippen molar-refractivity contribution in [1.29, 1.82) is 0 Å². The quantitative estimate of drug-likeness (QED) is 0.0113. The number of halogens is 1. The maximum atomic E-state index is 15.5. The number of epoxide rings is 1. The summed E-state index contributed by atoms with van der Waals surface area (Å²) in [6.07, 6.45) is -5.37. The minimum absolute atomic E-state index is 0.0164. The summed E-state index contributed by atoms with van der Waals surface area (Å²) in [6, 6.07) is 6.11. The van der Waals surface area contributed by atoms with Crippen molar-refractivity contribution in [2.45, 2.75) is 246 Å². The zero-order valence-electron chi connectivity index (χ0n) is 82.4. The van der Waals surface area contributed by atoms with Gasteiger partial charge in [-0.15, -0.1) is 0 Å². The number of benzene rings is 4. The van der Waals surface area contributed by atoms with E-state index in [0.717, 1.165) is 60.6 Å². The monoisotopic (exact) mass is 2130 g/mol. The second-order valence-electron chi connectivity index (χ2n) is 36.3. The molecule has 4 aliphatic rings. The number of nitrogens with zero attached hydrogens (tertiary/aromatic N) is 2. The third kappa shape index (κ3) is 33.7. The number of H-pyrrole nitrogens is 1. The van der Waals surface area contributed by atoms with E-state index in [1.807, 2.05) is 6.92 Å². The lowest BCUT2D eigenvalue weighted by molar-refractivity contribution is -0.162. The van der Waals surface area contributed by atoms with E-state index >= 15 is 19.2 Å². The Hall–Kier alpha value is -12.1. The van der Waals surface area contributed by atoms with Crippen molar-refractivity contribution in [3.8, 4) is 5.75 Å². The summed E-state index contributed by atoms with van der Waals surface area (Å²) in [7, 11) is 9.15. The van der Waals surface area contributed by atoms with Gasteiger partial charge < -0.3 is 133 Å².